The lowest BCUT2D eigenvalue weighted by molar-refractivity contribution is -0.116. The van der Waals surface area contributed by atoms with E-state index in [1.165, 1.54) is 16.0 Å². The van der Waals surface area contributed by atoms with E-state index in [0.717, 1.165) is 33.9 Å². The Bertz CT molecular complexity index is 1010. The Morgan fingerprint density at radius 1 is 1.26 bits per heavy atom. The molecule has 0 aliphatic rings. The number of thiazole rings is 1. The second kappa shape index (κ2) is 7.92. The smallest absolute Gasteiger partial charge is 0.276 e. The van der Waals surface area contributed by atoms with Gasteiger partial charge >= 0.3 is 0 Å². The molecule has 0 saturated carbocycles. The highest BCUT2D eigenvalue weighted by Gasteiger charge is 2.16. The quantitative estimate of drug-likeness (QED) is 0.680. The Morgan fingerprint density at radius 2 is 2.00 bits per heavy atom. The fourth-order valence-electron chi connectivity index (χ4n) is 2.96. The number of nitrogens with one attached hydrogen (secondary N) is 2. The van der Waals surface area contributed by atoms with Gasteiger partial charge in [-0.1, -0.05) is 36.5 Å². The van der Waals surface area contributed by atoms with Crippen LogP contribution in [-0.4, -0.2) is 20.7 Å². The molecule has 3 rings (SSSR count). The highest BCUT2D eigenvalue weighted by molar-refractivity contribution is 7.14. The van der Waals surface area contributed by atoms with E-state index in [4.69, 9.17) is 0 Å². The molecule has 27 heavy (non-hydrogen) atoms. The van der Waals surface area contributed by atoms with E-state index in [2.05, 4.69) is 22.3 Å². The molecule has 0 fully saturated rings. The number of H-pyrrole nitrogens is 1. The van der Waals surface area contributed by atoms with Crippen molar-refractivity contribution in [2.24, 2.45) is 0 Å². The van der Waals surface area contributed by atoms with Crippen LogP contribution in [0.3, 0.4) is 0 Å². The summed E-state index contributed by atoms with van der Waals surface area (Å²) >= 11 is 1.48. The number of amides is 1. The number of rotatable bonds is 6. The van der Waals surface area contributed by atoms with Crippen LogP contribution in [0.2, 0.25) is 0 Å². The Balaban J connectivity index is 1.73. The maximum atomic E-state index is 12.7. The van der Waals surface area contributed by atoms with Crippen LogP contribution in [0.1, 0.15) is 40.7 Å². The zero-order valence-corrected chi connectivity index (χ0v) is 16.9. The average molecular weight is 385 g/mol. The summed E-state index contributed by atoms with van der Waals surface area (Å²) in [6.45, 7) is 7.82. The second-order valence-corrected chi connectivity index (χ2v) is 7.73. The van der Waals surface area contributed by atoms with Crippen molar-refractivity contribution in [3.05, 3.63) is 62.0 Å². The summed E-state index contributed by atoms with van der Waals surface area (Å²) < 4.78 is 1.47. The summed E-state index contributed by atoms with van der Waals surface area (Å²) in [5.41, 5.74) is 4.11. The predicted octanol–water partition coefficient (Wildman–Crippen LogP) is 3.68. The number of carbonyl (C=O) groups excluding carboxylic acids is 1. The van der Waals surface area contributed by atoms with Crippen molar-refractivity contribution in [3.8, 4) is 5.13 Å². The van der Waals surface area contributed by atoms with Gasteiger partial charge in [0.25, 0.3) is 5.56 Å². The lowest BCUT2D eigenvalue weighted by Gasteiger charge is -2.09. The van der Waals surface area contributed by atoms with E-state index in [9.17, 15) is 9.59 Å². The summed E-state index contributed by atoms with van der Waals surface area (Å²) in [5.74, 6) is -0.0941. The highest BCUT2D eigenvalue weighted by atomic mass is 32.1. The van der Waals surface area contributed by atoms with Crippen LogP contribution in [0.4, 0.5) is 5.69 Å². The zero-order valence-electron chi connectivity index (χ0n) is 16.0. The number of aryl methyl sites for hydroxylation is 4. The number of hydrogen-bond acceptors (Lipinski definition) is 4. The van der Waals surface area contributed by atoms with Crippen molar-refractivity contribution >= 4 is 22.9 Å². The van der Waals surface area contributed by atoms with Gasteiger partial charge in [-0.2, -0.15) is 4.68 Å². The Morgan fingerprint density at radius 3 is 2.67 bits per heavy atom. The third-order valence-electron chi connectivity index (χ3n) is 4.68. The lowest BCUT2D eigenvalue weighted by atomic mass is 10.1. The maximum absolute atomic E-state index is 12.7. The number of carbonyl (C=O) groups is 1. The number of aromatic amines is 1. The number of aromatic nitrogens is 3. The summed E-state index contributed by atoms with van der Waals surface area (Å²) in [5, 5.41) is 6.66. The number of hydrogen-bond donors (Lipinski definition) is 2. The molecule has 142 valence electrons. The summed E-state index contributed by atoms with van der Waals surface area (Å²) in [6, 6.07) is 7.77. The van der Waals surface area contributed by atoms with Crippen molar-refractivity contribution in [2.75, 3.05) is 5.32 Å². The predicted molar refractivity (Wildman–Crippen MR) is 109 cm³/mol. The molecule has 2 N–H and O–H groups in total. The molecule has 2 heterocycles. The highest BCUT2D eigenvalue weighted by Crippen LogP contribution is 2.20. The molecule has 0 aliphatic heterocycles. The van der Waals surface area contributed by atoms with Gasteiger partial charge in [0.2, 0.25) is 11.0 Å². The van der Waals surface area contributed by atoms with Crippen LogP contribution in [-0.2, 0) is 17.6 Å². The Labute approximate surface area is 162 Å². The molecule has 1 amide bonds. The first-order valence-corrected chi connectivity index (χ1v) is 9.85. The van der Waals surface area contributed by atoms with Crippen LogP contribution >= 0.6 is 11.3 Å². The second-order valence-electron chi connectivity index (χ2n) is 6.55. The van der Waals surface area contributed by atoms with E-state index >= 15 is 0 Å². The molecule has 6 nitrogen and oxygen atoms in total. The van der Waals surface area contributed by atoms with E-state index < -0.39 is 0 Å². The van der Waals surface area contributed by atoms with Crippen LogP contribution < -0.4 is 10.9 Å². The van der Waals surface area contributed by atoms with Crippen molar-refractivity contribution in [2.45, 2.75) is 47.0 Å². The van der Waals surface area contributed by atoms with Crippen LogP contribution in [0.15, 0.2) is 29.1 Å². The minimum atomic E-state index is -0.136. The van der Waals surface area contributed by atoms with E-state index in [1.54, 1.807) is 0 Å². The third kappa shape index (κ3) is 4.03. The molecule has 1 aromatic carbocycles. The topological polar surface area (TPSA) is 79.8 Å². The molecular formula is C20H24N4O2S. The van der Waals surface area contributed by atoms with E-state index in [0.29, 0.717) is 17.1 Å². The molecule has 0 spiro atoms. The van der Waals surface area contributed by atoms with Gasteiger partial charge in [-0.25, -0.2) is 4.98 Å². The van der Waals surface area contributed by atoms with Gasteiger partial charge < -0.3 is 5.32 Å². The van der Waals surface area contributed by atoms with Gasteiger partial charge in [0.05, 0.1) is 5.69 Å². The van der Waals surface area contributed by atoms with Crippen molar-refractivity contribution in [1.29, 1.82) is 0 Å². The molecule has 2 aromatic heterocycles. The number of benzene rings is 1. The first-order chi connectivity index (χ1) is 12.9. The fourth-order valence-corrected chi connectivity index (χ4v) is 3.83. The fraction of sp³-hybridized carbons (Fsp3) is 0.350. The number of nitrogens with zero attached hydrogens (tertiary/aromatic N) is 2. The molecule has 0 bridgehead atoms. The SMILES string of the molecule is CCc1ccccc1NC(=O)CCc1c(C)[nH]n(-c2nc(C)c(C)s2)c1=O. The average Bonchev–Trinajstić information content (AvgIpc) is 3.12. The summed E-state index contributed by atoms with van der Waals surface area (Å²) in [7, 11) is 0. The standard InChI is InChI=1S/C20H24N4O2S/c1-5-15-8-6-7-9-17(15)22-18(25)11-10-16-13(3)23-24(19(16)26)20-21-12(2)14(4)27-20/h6-9,23H,5,10-11H2,1-4H3,(H,22,25). The molecule has 0 radical (unpaired) electrons. The number of anilines is 1. The molecule has 0 unspecified atom stereocenters. The van der Waals surface area contributed by atoms with Crippen molar-refractivity contribution in [1.82, 2.24) is 14.8 Å². The van der Waals surface area contributed by atoms with Gasteiger partial charge in [-0.05, 0) is 45.2 Å². The maximum Gasteiger partial charge on any atom is 0.276 e. The van der Waals surface area contributed by atoms with Crippen LogP contribution in [0.5, 0.6) is 0 Å². The van der Waals surface area contributed by atoms with Crippen LogP contribution in [0, 0.1) is 20.8 Å². The molecule has 0 aliphatic carbocycles. The third-order valence-corrected chi connectivity index (χ3v) is 5.73. The molecule has 0 saturated heterocycles. The molecule has 3 aromatic rings. The lowest BCUT2D eigenvalue weighted by Crippen LogP contribution is -2.19. The van der Waals surface area contributed by atoms with E-state index in [-0.39, 0.29) is 17.9 Å². The van der Waals surface area contributed by atoms with Crippen LogP contribution in [0.25, 0.3) is 5.13 Å². The van der Waals surface area contributed by atoms with Gasteiger partial charge in [0.15, 0.2) is 0 Å². The minimum Gasteiger partial charge on any atom is -0.326 e. The summed E-state index contributed by atoms with van der Waals surface area (Å²) in [6.07, 6.45) is 1.49. The van der Waals surface area contributed by atoms with E-state index in [1.807, 2.05) is 45.0 Å². The zero-order chi connectivity index (χ0) is 19.6. The van der Waals surface area contributed by atoms with Gasteiger partial charge in [-0.3, -0.25) is 14.7 Å². The number of para-hydroxylation sites is 1. The normalized spacial score (nSPS) is 11.0. The first kappa shape index (κ1) is 19.1. The summed E-state index contributed by atoms with van der Waals surface area (Å²) in [4.78, 5) is 30.6. The molecule has 7 heteroatoms. The van der Waals surface area contributed by atoms with Gasteiger partial charge in [0, 0.05) is 28.2 Å². The largest absolute Gasteiger partial charge is 0.326 e. The van der Waals surface area contributed by atoms with Gasteiger partial charge in [-0.15, -0.1) is 0 Å². The minimum absolute atomic E-state index is 0.0941. The van der Waals surface area contributed by atoms with Crippen molar-refractivity contribution in [3.63, 3.8) is 0 Å². The first-order valence-electron chi connectivity index (χ1n) is 9.03. The van der Waals surface area contributed by atoms with Gasteiger partial charge in [0.1, 0.15) is 0 Å². The molecule has 0 atom stereocenters. The van der Waals surface area contributed by atoms with Crippen molar-refractivity contribution < 1.29 is 4.79 Å². The monoisotopic (exact) mass is 384 g/mol. The Kier molecular flexibility index (Phi) is 5.60. The Hall–Kier alpha value is -2.67. The molecular weight excluding hydrogens is 360 g/mol.